The number of hydrogen-bond donors (Lipinski definition) is 1. The van der Waals surface area contributed by atoms with Crippen LogP contribution >= 0.6 is 0 Å². The number of carbonyl (C=O) groups is 2. The van der Waals surface area contributed by atoms with Crippen molar-refractivity contribution >= 4 is 11.8 Å². The number of nitrogens with one attached hydrogen (secondary N) is 1. The summed E-state index contributed by atoms with van der Waals surface area (Å²) in [7, 11) is 0. The molecule has 1 atom stereocenters. The smallest absolute Gasteiger partial charge is 0.341 e. The predicted molar refractivity (Wildman–Crippen MR) is 69.4 cm³/mol. The van der Waals surface area contributed by atoms with Crippen LogP contribution in [-0.4, -0.2) is 67.1 Å². The van der Waals surface area contributed by atoms with Gasteiger partial charge in [0.1, 0.15) is 0 Å². The van der Waals surface area contributed by atoms with Crippen molar-refractivity contribution in [2.45, 2.75) is 25.9 Å². The molecule has 2 rings (SSSR count). The van der Waals surface area contributed by atoms with E-state index in [0.717, 1.165) is 0 Å². The molecular weight excluding hydrogens is 287 g/mol. The standard InChI is InChI=1S/C13H20F3N3O2/c1-10(20)18-5-2-6-19(8-7-18)11(21)12(13(14,15)16)3-4-17-9-12/h17H,2-9H2,1H3. The fourth-order valence-corrected chi connectivity index (χ4v) is 2.98. The Morgan fingerprint density at radius 1 is 1.10 bits per heavy atom. The second-order valence-electron chi connectivity index (χ2n) is 5.66. The van der Waals surface area contributed by atoms with Gasteiger partial charge < -0.3 is 15.1 Å². The molecule has 8 heteroatoms. The van der Waals surface area contributed by atoms with Gasteiger partial charge in [0.25, 0.3) is 0 Å². The van der Waals surface area contributed by atoms with Gasteiger partial charge in [0.15, 0.2) is 5.41 Å². The first-order valence-corrected chi connectivity index (χ1v) is 7.10. The highest BCUT2D eigenvalue weighted by molar-refractivity contribution is 5.84. The Labute approximate surface area is 121 Å². The van der Waals surface area contributed by atoms with Crippen molar-refractivity contribution in [2.75, 3.05) is 39.3 Å². The number of carbonyl (C=O) groups excluding carboxylic acids is 2. The van der Waals surface area contributed by atoms with Crippen molar-refractivity contribution in [1.82, 2.24) is 15.1 Å². The second kappa shape index (κ2) is 5.82. The summed E-state index contributed by atoms with van der Waals surface area (Å²) in [5.74, 6) is -0.970. The summed E-state index contributed by atoms with van der Waals surface area (Å²) in [6, 6.07) is 0. The fraction of sp³-hybridized carbons (Fsp3) is 0.846. The third-order valence-electron chi connectivity index (χ3n) is 4.34. The van der Waals surface area contributed by atoms with Gasteiger partial charge in [0, 0.05) is 39.6 Å². The topological polar surface area (TPSA) is 52.7 Å². The molecule has 2 saturated heterocycles. The molecule has 0 aromatic heterocycles. The van der Waals surface area contributed by atoms with Crippen LogP contribution in [0.4, 0.5) is 13.2 Å². The van der Waals surface area contributed by atoms with E-state index in [1.807, 2.05) is 0 Å². The van der Waals surface area contributed by atoms with Crippen LogP contribution in [0.2, 0.25) is 0 Å². The first kappa shape index (κ1) is 16.1. The molecule has 1 unspecified atom stereocenters. The van der Waals surface area contributed by atoms with Gasteiger partial charge in [-0.25, -0.2) is 0 Å². The number of nitrogens with zero attached hydrogens (tertiary/aromatic N) is 2. The highest BCUT2D eigenvalue weighted by Crippen LogP contribution is 2.44. The second-order valence-corrected chi connectivity index (χ2v) is 5.66. The molecule has 1 N–H and O–H groups in total. The van der Waals surface area contributed by atoms with Crippen molar-refractivity contribution in [3.63, 3.8) is 0 Å². The average Bonchev–Trinajstić information content (AvgIpc) is 2.77. The molecule has 0 aliphatic carbocycles. The molecule has 2 fully saturated rings. The molecule has 0 aromatic carbocycles. The van der Waals surface area contributed by atoms with Crippen LogP contribution in [0.15, 0.2) is 0 Å². The van der Waals surface area contributed by atoms with Crippen LogP contribution in [0.25, 0.3) is 0 Å². The summed E-state index contributed by atoms with van der Waals surface area (Å²) in [5, 5.41) is 2.65. The molecule has 0 bridgehead atoms. The molecule has 2 amide bonds. The van der Waals surface area contributed by atoms with Crippen molar-refractivity contribution in [3.05, 3.63) is 0 Å². The number of rotatable bonds is 1. The Hall–Kier alpha value is -1.31. The Bertz CT molecular complexity index is 419. The molecule has 5 nitrogen and oxygen atoms in total. The molecule has 2 aliphatic rings. The van der Waals surface area contributed by atoms with Crippen molar-refractivity contribution in [1.29, 1.82) is 0 Å². The normalized spacial score (nSPS) is 27.6. The van der Waals surface area contributed by atoms with Crippen LogP contribution in [0.3, 0.4) is 0 Å². The van der Waals surface area contributed by atoms with Crippen LogP contribution in [0.1, 0.15) is 19.8 Å². The Morgan fingerprint density at radius 3 is 2.24 bits per heavy atom. The van der Waals surface area contributed by atoms with Gasteiger partial charge in [-0.1, -0.05) is 0 Å². The van der Waals surface area contributed by atoms with E-state index >= 15 is 0 Å². The summed E-state index contributed by atoms with van der Waals surface area (Å²) in [6.45, 7) is 2.46. The number of amides is 2. The summed E-state index contributed by atoms with van der Waals surface area (Å²) in [6.07, 6.45) is -4.27. The Kier molecular flexibility index (Phi) is 4.46. The number of alkyl halides is 3. The summed E-state index contributed by atoms with van der Waals surface area (Å²) in [4.78, 5) is 26.6. The van der Waals surface area contributed by atoms with E-state index in [1.165, 1.54) is 11.8 Å². The predicted octanol–water partition coefficient (Wildman–Crippen LogP) is 0.609. The van der Waals surface area contributed by atoms with E-state index in [4.69, 9.17) is 0 Å². The van der Waals surface area contributed by atoms with Gasteiger partial charge in [-0.3, -0.25) is 9.59 Å². The molecule has 2 aliphatic heterocycles. The minimum Gasteiger partial charge on any atom is -0.341 e. The first-order valence-electron chi connectivity index (χ1n) is 7.10. The summed E-state index contributed by atoms with van der Waals surface area (Å²) < 4.78 is 40.1. The lowest BCUT2D eigenvalue weighted by Crippen LogP contribution is -2.54. The highest BCUT2D eigenvalue weighted by Gasteiger charge is 2.62. The highest BCUT2D eigenvalue weighted by atomic mass is 19.4. The maximum absolute atomic E-state index is 13.4. The van der Waals surface area contributed by atoms with Gasteiger partial charge in [-0.15, -0.1) is 0 Å². The molecular formula is C13H20F3N3O2. The zero-order valence-electron chi connectivity index (χ0n) is 12.0. The van der Waals surface area contributed by atoms with Gasteiger partial charge in [0.05, 0.1) is 0 Å². The van der Waals surface area contributed by atoms with E-state index in [2.05, 4.69) is 5.32 Å². The van der Waals surface area contributed by atoms with E-state index in [9.17, 15) is 22.8 Å². The third kappa shape index (κ3) is 3.00. The van der Waals surface area contributed by atoms with Crippen molar-refractivity contribution < 1.29 is 22.8 Å². The van der Waals surface area contributed by atoms with Crippen LogP contribution < -0.4 is 5.32 Å². The van der Waals surface area contributed by atoms with Crippen LogP contribution in [-0.2, 0) is 9.59 Å². The zero-order valence-corrected chi connectivity index (χ0v) is 12.0. The van der Waals surface area contributed by atoms with Gasteiger partial charge in [-0.2, -0.15) is 13.2 Å². The lowest BCUT2D eigenvalue weighted by atomic mass is 9.84. The zero-order chi connectivity index (χ0) is 15.7. The maximum Gasteiger partial charge on any atom is 0.404 e. The summed E-state index contributed by atoms with van der Waals surface area (Å²) in [5.41, 5.74) is -2.31. The van der Waals surface area contributed by atoms with Gasteiger partial charge in [-0.05, 0) is 19.4 Å². The van der Waals surface area contributed by atoms with E-state index in [-0.39, 0.29) is 38.5 Å². The molecule has 0 aromatic rings. The number of halogens is 3. The average molecular weight is 307 g/mol. The van der Waals surface area contributed by atoms with Gasteiger partial charge >= 0.3 is 6.18 Å². The largest absolute Gasteiger partial charge is 0.404 e. The molecule has 21 heavy (non-hydrogen) atoms. The quantitative estimate of drug-likeness (QED) is 0.772. The lowest BCUT2D eigenvalue weighted by Gasteiger charge is -2.34. The minimum absolute atomic E-state index is 0.114. The number of hydrogen-bond acceptors (Lipinski definition) is 3. The van der Waals surface area contributed by atoms with Crippen LogP contribution in [0, 0.1) is 5.41 Å². The molecule has 120 valence electrons. The minimum atomic E-state index is -4.56. The Balaban J connectivity index is 2.13. The first-order chi connectivity index (χ1) is 9.78. The molecule has 0 saturated carbocycles. The summed E-state index contributed by atoms with van der Waals surface area (Å²) >= 11 is 0. The van der Waals surface area contributed by atoms with Gasteiger partial charge in [0.2, 0.25) is 11.8 Å². The van der Waals surface area contributed by atoms with E-state index in [0.29, 0.717) is 19.5 Å². The molecule has 0 radical (unpaired) electrons. The van der Waals surface area contributed by atoms with Crippen molar-refractivity contribution in [2.24, 2.45) is 5.41 Å². The van der Waals surface area contributed by atoms with Crippen LogP contribution in [0.5, 0.6) is 0 Å². The van der Waals surface area contributed by atoms with Crippen molar-refractivity contribution in [3.8, 4) is 0 Å². The third-order valence-corrected chi connectivity index (χ3v) is 4.34. The van der Waals surface area contributed by atoms with E-state index in [1.54, 1.807) is 4.90 Å². The lowest BCUT2D eigenvalue weighted by molar-refractivity contribution is -0.221. The SMILES string of the molecule is CC(=O)N1CCCN(C(=O)C2(C(F)(F)F)CCNC2)CC1. The maximum atomic E-state index is 13.4. The monoisotopic (exact) mass is 307 g/mol. The molecule has 2 heterocycles. The fourth-order valence-electron chi connectivity index (χ4n) is 2.98. The molecule has 0 spiro atoms. The Morgan fingerprint density at radius 2 is 1.71 bits per heavy atom. The van der Waals surface area contributed by atoms with E-state index < -0.39 is 17.5 Å².